The van der Waals surface area contributed by atoms with E-state index in [1.807, 2.05) is 6.07 Å². The number of hydrogen-bond acceptors (Lipinski definition) is 2. The standard InChI is InChI=1S/C17H23NO2/c19-17(20)15-9-8-14-7-4-10-18(16(14)11-15)12-13-5-2-1-3-6-13/h1-3,5-6,14-16H,4,7-12H2,(H,19,20). The minimum Gasteiger partial charge on any atom is -0.481 e. The summed E-state index contributed by atoms with van der Waals surface area (Å²) in [4.78, 5) is 13.8. The first-order chi connectivity index (χ1) is 9.74. The van der Waals surface area contributed by atoms with E-state index >= 15 is 0 Å². The van der Waals surface area contributed by atoms with Crippen LogP contribution in [0.25, 0.3) is 0 Å². The summed E-state index contributed by atoms with van der Waals surface area (Å²) in [7, 11) is 0. The van der Waals surface area contributed by atoms with Gasteiger partial charge in [-0.15, -0.1) is 0 Å². The van der Waals surface area contributed by atoms with Gasteiger partial charge in [-0.05, 0) is 50.1 Å². The van der Waals surface area contributed by atoms with Gasteiger partial charge in [0.05, 0.1) is 5.92 Å². The number of piperidine rings is 1. The molecule has 2 aliphatic rings. The Balaban J connectivity index is 1.71. The predicted octanol–water partition coefficient (Wildman–Crippen LogP) is 3.15. The number of carboxylic acid groups (broad SMARTS) is 1. The molecule has 3 heteroatoms. The highest BCUT2D eigenvalue weighted by Gasteiger charge is 2.38. The van der Waals surface area contributed by atoms with Gasteiger partial charge in [0.25, 0.3) is 0 Å². The third-order valence-corrected chi connectivity index (χ3v) is 5.02. The zero-order chi connectivity index (χ0) is 13.9. The molecule has 1 saturated heterocycles. The topological polar surface area (TPSA) is 40.5 Å². The summed E-state index contributed by atoms with van der Waals surface area (Å²) in [5.74, 6) is -0.0237. The molecule has 1 aliphatic heterocycles. The van der Waals surface area contributed by atoms with Crippen molar-refractivity contribution in [3.63, 3.8) is 0 Å². The highest BCUT2D eigenvalue weighted by molar-refractivity contribution is 5.70. The average Bonchev–Trinajstić information content (AvgIpc) is 2.48. The SMILES string of the molecule is O=C(O)C1CCC2CCCN(Cc3ccccc3)C2C1. The van der Waals surface area contributed by atoms with Crippen molar-refractivity contribution in [1.29, 1.82) is 0 Å². The molecule has 3 nitrogen and oxygen atoms in total. The third kappa shape index (κ3) is 2.88. The lowest BCUT2D eigenvalue weighted by Gasteiger charge is -2.45. The number of nitrogens with zero attached hydrogens (tertiary/aromatic N) is 1. The number of fused-ring (bicyclic) bond motifs is 1. The number of hydrogen-bond donors (Lipinski definition) is 1. The van der Waals surface area contributed by atoms with Gasteiger partial charge < -0.3 is 5.11 Å². The second-order valence-corrected chi connectivity index (χ2v) is 6.27. The van der Waals surface area contributed by atoms with E-state index in [9.17, 15) is 9.90 Å². The van der Waals surface area contributed by atoms with Gasteiger partial charge in [-0.25, -0.2) is 0 Å². The summed E-state index contributed by atoms with van der Waals surface area (Å²) < 4.78 is 0. The molecule has 2 fully saturated rings. The van der Waals surface area contributed by atoms with Gasteiger partial charge in [0.1, 0.15) is 0 Å². The van der Waals surface area contributed by atoms with E-state index in [1.165, 1.54) is 18.4 Å². The number of aliphatic carboxylic acids is 1. The van der Waals surface area contributed by atoms with E-state index in [4.69, 9.17) is 0 Å². The Hall–Kier alpha value is -1.35. The Labute approximate surface area is 120 Å². The molecule has 3 atom stereocenters. The van der Waals surface area contributed by atoms with Crippen LogP contribution in [0.3, 0.4) is 0 Å². The van der Waals surface area contributed by atoms with Crippen molar-refractivity contribution < 1.29 is 9.90 Å². The number of carboxylic acids is 1. The second kappa shape index (κ2) is 5.96. The summed E-state index contributed by atoms with van der Waals surface area (Å²) in [5, 5.41) is 9.29. The summed E-state index contributed by atoms with van der Waals surface area (Å²) in [6.07, 6.45) is 5.34. The lowest BCUT2D eigenvalue weighted by atomic mass is 9.73. The van der Waals surface area contributed by atoms with Gasteiger partial charge in [0.2, 0.25) is 0 Å². The fraction of sp³-hybridized carbons (Fsp3) is 0.588. The van der Waals surface area contributed by atoms with Gasteiger partial charge >= 0.3 is 5.97 Å². The van der Waals surface area contributed by atoms with Crippen LogP contribution < -0.4 is 0 Å². The maximum Gasteiger partial charge on any atom is 0.306 e. The van der Waals surface area contributed by atoms with E-state index in [0.717, 1.165) is 32.4 Å². The van der Waals surface area contributed by atoms with Crippen LogP contribution in [-0.2, 0) is 11.3 Å². The maximum absolute atomic E-state index is 11.3. The summed E-state index contributed by atoms with van der Waals surface area (Å²) >= 11 is 0. The first-order valence-corrected chi connectivity index (χ1v) is 7.75. The minimum atomic E-state index is -0.603. The zero-order valence-corrected chi connectivity index (χ0v) is 11.9. The molecule has 0 spiro atoms. The van der Waals surface area contributed by atoms with E-state index in [1.54, 1.807) is 0 Å². The van der Waals surface area contributed by atoms with Crippen molar-refractivity contribution >= 4 is 5.97 Å². The van der Waals surface area contributed by atoms with Crippen LogP contribution >= 0.6 is 0 Å². The molecule has 108 valence electrons. The molecule has 1 saturated carbocycles. The van der Waals surface area contributed by atoms with Gasteiger partial charge in [-0.2, -0.15) is 0 Å². The smallest absolute Gasteiger partial charge is 0.306 e. The van der Waals surface area contributed by atoms with Crippen molar-refractivity contribution in [3.8, 4) is 0 Å². The van der Waals surface area contributed by atoms with E-state index < -0.39 is 5.97 Å². The zero-order valence-electron chi connectivity index (χ0n) is 11.9. The molecule has 1 aromatic rings. The molecule has 1 N–H and O–H groups in total. The van der Waals surface area contributed by atoms with Crippen molar-refractivity contribution in [2.75, 3.05) is 6.54 Å². The van der Waals surface area contributed by atoms with Gasteiger partial charge in [-0.1, -0.05) is 30.3 Å². The molecule has 0 bridgehead atoms. The van der Waals surface area contributed by atoms with Crippen LogP contribution in [0, 0.1) is 11.8 Å². The van der Waals surface area contributed by atoms with Gasteiger partial charge in [0, 0.05) is 12.6 Å². The van der Waals surface area contributed by atoms with Gasteiger partial charge in [-0.3, -0.25) is 9.69 Å². The van der Waals surface area contributed by atoms with Crippen molar-refractivity contribution in [3.05, 3.63) is 35.9 Å². The molecule has 3 rings (SSSR count). The second-order valence-electron chi connectivity index (χ2n) is 6.27. The third-order valence-electron chi connectivity index (χ3n) is 5.02. The summed E-state index contributed by atoms with van der Waals surface area (Å²) in [5.41, 5.74) is 1.34. The average molecular weight is 273 g/mol. The van der Waals surface area contributed by atoms with E-state index in [-0.39, 0.29) is 5.92 Å². The number of rotatable bonds is 3. The molecule has 20 heavy (non-hydrogen) atoms. The normalized spacial score (nSPS) is 30.7. The van der Waals surface area contributed by atoms with E-state index in [0.29, 0.717) is 12.0 Å². The highest BCUT2D eigenvalue weighted by Crippen LogP contribution is 2.38. The summed E-state index contributed by atoms with van der Waals surface area (Å²) in [6, 6.07) is 11.0. The summed E-state index contributed by atoms with van der Waals surface area (Å²) in [6.45, 7) is 2.08. The molecule has 1 heterocycles. The van der Waals surface area contributed by atoms with Crippen LogP contribution in [0.2, 0.25) is 0 Å². The van der Waals surface area contributed by atoms with Crippen LogP contribution in [0.5, 0.6) is 0 Å². The fourth-order valence-corrected chi connectivity index (χ4v) is 3.95. The maximum atomic E-state index is 11.3. The first kappa shape index (κ1) is 13.6. The molecular formula is C17H23NO2. The quantitative estimate of drug-likeness (QED) is 0.919. The Bertz CT molecular complexity index is 459. The number of carbonyl (C=O) groups is 1. The highest BCUT2D eigenvalue weighted by atomic mass is 16.4. The van der Waals surface area contributed by atoms with Crippen molar-refractivity contribution in [2.24, 2.45) is 11.8 Å². The van der Waals surface area contributed by atoms with Crippen molar-refractivity contribution in [1.82, 2.24) is 4.90 Å². The molecule has 3 unspecified atom stereocenters. The molecule has 1 aliphatic carbocycles. The molecule has 0 radical (unpaired) electrons. The first-order valence-electron chi connectivity index (χ1n) is 7.75. The largest absolute Gasteiger partial charge is 0.481 e. The minimum absolute atomic E-state index is 0.132. The molecule has 0 amide bonds. The molecule has 0 aromatic heterocycles. The number of benzene rings is 1. The Kier molecular flexibility index (Phi) is 4.06. The van der Waals surface area contributed by atoms with Crippen LogP contribution in [0.4, 0.5) is 0 Å². The van der Waals surface area contributed by atoms with Gasteiger partial charge in [0.15, 0.2) is 0 Å². The fourth-order valence-electron chi connectivity index (χ4n) is 3.95. The number of likely N-dealkylation sites (tertiary alicyclic amines) is 1. The Morgan fingerprint density at radius 2 is 2.00 bits per heavy atom. The van der Waals surface area contributed by atoms with E-state index in [2.05, 4.69) is 29.2 Å². The predicted molar refractivity (Wildman–Crippen MR) is 78.3 cm³/mol. The molecule has 1 aromatic carbocycles. The Morgan fingerprint density at radius 1 is 1.20 bits per heavy atom. The van der Waals surface area contributed by atoms with Crippen LogP contribution in [-0.4, -0.2) is 28.6 Å². The lowest BCUT2D eigenvalue weighted by Crippen LogP contribution is -2.48. The van der Waals surface area contributed by atoms with Crippen molar-refractivity contribution in [2.45, 2.75) is 44.7 Å². The molecular weight excluding hydrogens is 250 g/mol. The van der Waals surface area contributed by atoms with Crippen LogP contribution in [0.1, 0.15) is 37.7 Å². The lowest BCUT2D eigenvalue weighted by molar-refractivity contribution is -0.144. The monoisotopic (exact) mass is 273 g/mol. The van der Waals surface area contributed by atoms with Crippen LogP contribution in [0.15, 0.2) is 30.3 Å². The Morgan fingerprint density at radius 3 is 2.75 bits per heavy atom.